The SMILES string of the molecule is CCNC(=NCCCc1ccc(N(C)C)cc1)NCCCOC1CCOC1. The number of nitrogens with one attached hydrogen (secondary N) is 2. The Morgan fingerprint density at radius 2 is 2.04 bits per heavy atom. The van der Waals surface area contributed by atoms with Crippen LogP contribution >= 0.6 is 0 Å². The Labute approximate surface area is 164 Å². The molecule has 1 heterocycles. The molecule has 0 amide bonds. The quantitative estimate of drug-likeness (QED) is 0.353. The first-order valence-corrected chi connectivity index (χ1v) is 10.2. The molecule has 27 heavy (non-hydrogen) atoms. The first kappa shape index (κ1) is 21.5. The third-order valence-corrected chi connectivity index (χ3v) is 4.55. The van der Waals surface area contributed by atoms with Crippen molar-refractivity contribution in [2.24, 2.45) is 4.99 Å². The molecule has 1 aliphatic heterocycles. The monoisotopic (exact) mass is 376 g/mol. The Kier molecular flexibility index (Phi) is 10.0. The zero-order valence-electron chi connectivity index (χ0n) is 17.2. The van der Waals surface area contributed by atoms with Crippen molar-refractivity contribution in [2.45, 2.75) is 38.7 Å². The van der Waals surface area contributed by atoms with E-state index in [1.165, 1.54) is 11.3 Å². The summed E-state index contributed by atoms with van der Waals surface area (Å²) in [7, 11) is 4.13. The Balaban J connectivity index is 1.61. The Morgan fingerprint density at radius 1 is 1.22 bits per heavy atom. The zero-order chi connectivity index (χ0) is 19.3. The number of ether oxygens (including phenoxy) is 2. The van der Waals surface area contributed by atoms with E-state index >= 15 is 0 Å². The number of guanidine groups is 1. The van der Waals surface area contributed by atoms with Gasteiger partial charge in [-0.1, -0.05) is 12.1 Å². The summed E-state index contributed by atoms with van der Waals surface area (Å²) in [4.78, 5) is 6.79. The predicted molar refractivity (Wildman–Crippen MR) is 113 cm³/mol. The van der Waals surface area contributed by atoms with Gasteiger partial charge >= 0.3 is 0 Å². The standard InChI is InChI=1S/C21H36N4O2/c1-4-22-21(24-14-6-15-27-20-12-16-26-17-20)23-13-5-7-18-8-10-19(11-9-18)25(2)3/h8-11,20H,4-7,12-17H2,1-3H3,(H2,22,23,24). The number of anilines is 1. The van der Waals surface area contributed by atoms with Gasteiger partial charge in [0.2, 0.25) is 0 Å². The maximum Gasteiger partial charge on any atom is 0.191 e. The largest absolute Gasteiger partial charge is 0.379 e. The van der Waals surface area contributed by atoms with Gasteiger partial charge in [-0.05, 0) is 50.3 Å². The number of aliphatic imine (C=N–C) groups is 1. The molecular formula is C21H36N4O2. The number of aryl methyl sites for hydroxylation is 1. The molecule has 2 N–H and O–H groups in total. The fraction of sp³-hybridized carbons (Fsp3) is 0.667. The molecule has 1 aliphatic rings. The van der Waals surface area contributed by atoms with E-state index in [-0.39, 0.29) is 0 Å². The van der Waals surface area contributed by atoms with Crippen LogP contribution < -0.4 is 15.5 Å². The zero-order valence-corrected chi connectivity index (χ0v) is 17.2. The molecule has 2 rings (SSSR count). The summed E-state index contributed by atoms with van der Waals surface area (Å²) < 4.78 is 11.1. The van der Waals surface area contributed by atoms with Crippen LogP contribution in [0.3, 0.4) is 0 Å². The summed E-state index contributed by atoms with van der Waals surface area (Å²) in [6, 6.07) is 8.75. The molecule has 0 saturated carbocycles. The van der Waals surface area contributed by atoms with E-state index in [9.17, 15) is 0 Å². The van der Waals surface area contributed by atoms with Gasteiger partial charge in [-0.25, -0.2) is 0 Å². The molecule has 0 aliphatic carbocycles. The second kappa shape index (κ2) is 12.6. The van der Waals surface area contributed by atoms with Crippen molar-refractivity contribution in [1.29, 1.82) is 0 Å². The highest BCUT2D eigenvalue weighted by Gasteiger charge is 2.15. The highest BCUT2D eigenvalue weighted by molar-refractivity contribution is 5.79. The summed E-state index contributed by atoms with van der Waals surface area (Å²) in [5.41, 5.74) is 2.60. The third-order valence-electron chi connectivity index (χ3n) is 4.55. The summed E-state index contributed by atoms with van der Waals surface area (Å²) in [6.07, 6.45) is 4.38. The van der Waals surface area contributed by atoms with E-state index in [0.717, 1.165) is 71.1 Å². The first-order chi connectivity index (χ1) is 13.2. The van der Waals surface area contributed by atoms with Gasteiger partial charge in [0.15, 0.2) is 5.96 Å². The van der Waals surface area contributed by atoms with Gasteiger partial charge in [0, 0.05) is 52.6 Å². The smallest absolute Gasteiger partial charge is 0.191 e. The summed E-state index contributed by atoms with van der Waals surface area (Å²) >= 11 is 0. The number of rotatable bonds is 11. The minimum Gasteiger partial charge on any atom is -0.379 e. The summed E-state index contributed by atoms with van der Waals surface area (Å²) in [6.45, 7) is 6.99. The van der Waals surface area contributed by atoms with Crippen molar-refractivity contribution in [3.63, 3.8) is 0 Å². The van der Waals surface area contributed by atoms with Crippen LogP contribution in [0.1, 0.15) is 31.7 Å². The van der Waals surface area contributed by atoms with Gasteiger partial charge in [-0.15, -0.1) is 0 Å². The molecule has 1 aromatic rings. The second-order valence-corrected chi connectivity index (χ2v) is 7.06. The van der Waals surface area contributed by atoms with E-state index in [4.69, 9.17) is 9.47 Å². The molecule has 0 radical (unpaired) electrons. The molecule has 1 fully saturated rings. The van der Waals surface area contributed by atoms with E-state index in [0.29, 0.717) is 6.10 Å². The van der Waals surface area contributed by atoms with Crippen LogP contribution in [0.4, 0.5) is 5.69 Å². The van der Waals surface area contributed by atoms with Crippen LogP contribution in [0, 0.1) is 0 Å². The number of benzene rings is 1. The van der Waals surface area contributed by atoms with Gasteiger partial charge in [0.05, 0.1) is 12.7 Å². The molecule has 1 saturated heterocycles. The van der Waals surface area contributed by atoms with Crippen LogP contribution in [0.25, 0.3) is 0 Å². The lowest BCUT2D eigenvalue weighted by atomic mass is 10.1. The van der Waals surface area contributed by atoms with Gasteiger partial charge in [-0.3, -0.25) is 4.99 Å². The molecule has 0 spiro atoms. The van der Waals surface area contributed by atoms with E-state index in [1.807, 2.05) is 0 Å². The molecule has 1 unspecified atom stereocenters. The topological polar surface area (TPSA) is 58.1 Å². The maximum atomic E-state index is 5.79. The van der Waals surface area contributed by atoms with Crippen LogP contribution in [0.5, 0.6) is 0 Å². The van der Waals surface area contributed by atoms with Crippen molar-refractivity contribution < 1.29 is 9.47 Å². The highest BCUT2D eigenvalue weighted by Crippen LogP contribution is 2.13. The van der Waals surface area contributed by atoms with Crippen LogP contribution in [0.2, 0.25) is 0 Å². The predicted octanol–water partition coefficient (Wildman–Crippen LogP) is 2.44. The lowest BCUT2D eigenvalue weighted by Crippen LogP contribution is -2.38. The van der Waals surface area contributed by atoms with Crippen molar-refractivity contribution in [3.05, 3.63) is 29.8 Å². The minimum atomic E-state index is 0.290. The maximum absolute atomic E-state index is 5.79. The van der Waals surface area contributed by atoms with Crippen LogP contribution in [-0.4, -0.2) is 65.6 Å². The van der Waals surface area contributed by atoms with E-state index < -0.39 is 0 Å². The van der Waals surface area contributed by atoms with Crippen molar-refractivity contribution in [3.8, 4) is 0 Å². The van der Waals surface area contributed by atoms with Crippen LogP contribution in [0.15, 0.2) is 29.3 Å². The number of hydrogen-bond donors (Lipinski definition) is 2. The number of nitrogens with zero attached hydrogens (tertiary/aromatic N) is 2. The van der Waals surface area contributed by atoms with Gasteiger partial charge in [0.25, 0.3) is 0 Å². The van der Waals surface area contributed by atoms with Crippen molar-refractivity contribution in [2.75, 3.05) is 58.5 Å². The molecule has 1 aromatic carbocycles. The summed E-state index contributed by atoms with van der Waals surface area (Å²) in [5, 5.41) is 6.69. The molecular weight excluding hydrogens is 340 g/mol. The van der Waals surface area contributed by atoms with E-state index in [2.05, 4.69) is 65.8 Å². The van der Waals surface area contributed by atoms with Gasteiger partial charge in [-0.2, -0.15) is 0 Å². The van der Waals surface area contributed by atoms with Crippen LogP contribution in [-0.2, 0) is 15.9 Å². The average Bonchev–Trinajstić information content (AvgIpc) is 3.18. The average molecular weight is 377 g/mol. The molecule has 6 nitrogen and oxygen atoms in total. The minimum absolute atomic E-state index is 0.290. The summed E-state index contributed by atoms with van der Waals surface area (Å²) in [5.74, 6) is 0.893. The van der Waals surface area contributed by atoms with Crippen molar-refractivity contribution >= 4 is 11.6 Å². The lowest BCUT2D eigenvalue weighted by molar-refractivity contribution is 0.0420. The molecule has 152 valence electrons. The normalized spacial score (nSPS) is 17.1. The third kappa shape index (κ3) is 8.63. The fourth-order valence-electron chi connectivity index (χ4n) is 2.95. The molecule has 0 aromatic heterocycles. The number of hydrogen-bond acceptors (Lipinski definition) is 4. The van der Waals surface area contributed by atoms with E-state index in [1.54, 1.807) is 0 Å². The first-order valence-electron chi connectivity index (χ1n) is 10.2. The lowest BCUT2D eigenvalue weighted by Gasteiger charge is -2.13. The highest BCUT2D eigenvalue weighted by atomic mass is 16.5. The van der Waals surface area contributed by atoms with Gasteiger partial charge < -0.3 is 25.0 Å². The molecule has 1 atom stereocenters. The Bertz CT molecular complexity index is 540. The fourth-order valence-corrected chi connectivity index (χ4v) is 2.95. The Hall–Kier alpha value is -1.79. The second-order valence-electron chi connectivity index (χ2n) is 7.06. The van der Waals surface area contributed by atoms with Crippen molar-refractivity contribution in [1.82, 2.24) is 10.6 Å². The molecule has 6 heteroatoms. The molecule has 0 bridgehead atoms. The van der Waals surface area contributed by atoms with Gasteiger partial charge in [0.1, 0.15) is 0 Å². The Morgan fingerprint density at radius 3 is 2.70 bits per heavy atom.